The van der Waals surface area contributed by atoms with Crippen LogP contribution in [0.2, 0.25) is 0 Å². The number of rotatable bonds is 3. The fourth-order valence-electron chi connectivity index (χ4n) is 2.78. The molecule has 2 N–H and O–H groups in total. The second-order valence-electron chi connectivity index (χ2n) is 5.45. The maximum Gasteiger partial charge on any atom is 0.124 e. The zero-order valence-corrected chi connectivity index (χ0v) is 12.9. The molecule has 0 aliphatic rings. The molecule has 0 saturated heterocycles. The minimum absolute atomic E-state index is 0.0989. The molecule has 0 amide bonds. The Balaban J connectivity index is 2.49. The molecular formula is C18H23NO. The van der Waals surface area contributed by atoms with Crippen LogP contribution in [0.5, 0.6) is 5.75 Å². The van der Waals surface area contributed by atoms with Crippen LogP contribution in [0, 0.1) is 27.7 Å². The first kappa shape index (κ1) is 14.6. The Hall–Kier alpha value is -1.80. The van der Waals surface area contributed by atoms with E-state index in [0.29, 0.717) is 0 Å². The first-order valence-electron chi connectivity index (χ1n) is 6.92. The molecule has 0 aliphatic heterocycles. The standard InChI is InChI=1S/C18H23NO/c1-11-7-6-8-16(14(11)4)17(19)15-9-12(2)18(20-5)13(3)10-15/h6-10,17H,19H2,1-5H3. The fraction of sp³-hybridized carbons (Fsp3) is 0.333. The van der Waals surface area contributed by atoms with Crippen molar-refractivity contribution < 1.29 is 4.74 Å². The molecule has 0 heterocycles. The van der Waals surface area contributed by atoms with Gasteiger partial charge in [-0.25, -0.2) is 0 Å². The minimum Gasteiger partial charge on any atom is -0.496 e. The zero-order chi connectivity index (χ0) is 14.9. The number of nitrogens with two attached hydrogens (primary N) is 1. The van der Waals surface area contributed by atoms with Crippen molar-refractivity contribution >= 4 is 0 Å². The van der Waals surface area contributed by atoms with Gasteiger partial charge in [-0.05, 0) is 61.1 Å². The maximum absolute atomic E-state index is 6.47. The van der Waals surface area contributed by atoms with Gasteiger partial charge in [0.1, 0.15) is 5.75 Å². The average Bonchev–Trinajstić information content (AvgIpc) is 2.41. The minimum atomic E-state index is -0.0989. The maximum atomic E-state index is 6.47. The second-order valence-corrected chi connectivity index (χ2v) is 5.45. The third-order valence-electron chi connectivity index (χ3n) is 4.03. The van der Waals surface area contributed by atoms with Crippen molar-refractivity contribution in [2.45, 2.75) is 33.7 Å². The van der Waals surface area contributed by atoms with E-state index >= 15 is 0 Å². The van der Waals surface area contributed by atoms with E-state index in [-0.39, 0.29) is 6.04 Å². The Labute approximate surface area is 121 Å². The summed E-state index contributed by atoms with van der Waals surface area (Å²) in [5.41, 5.74) is 13.6. The summed E-state index contributed by atoms with van der Waals surface area (Å²) in [6.07, 6.45) is 0. The van der Waals surface area contributed by atoms with E-state index in [1.807, 2.05) is 0 Å². The number of methoxy groups -OCH3 is 1. The molecular weight excluding hydrogens is 246 g/mol. The van der Waals surface area contributed by atoms with Gasteiger partial charge in [-0.15, -0.1) is 0 Å². The average molecular weight is 269 g/mol. The molecule has 2 nitrogen and oxygen atoms in total. The third kappa shape index (κ3) is 2.56. The quantitative estimate of drug-likeness (QED) is 0.914. The molecule has 0 radical (unpaired) electrons. The third-order valence-corrected chi connectivity index (χ3v) is 4.03. The van der Waals surface area contributed by atoms with E-state index in [2.05, 4.69) is 58.0 Å². The van der Waals surface area contributed by atoms with Crippen LogP contribution >= 0.6 is 0 Å². The van der Waals surface area contributed by atoms with Gasteiger partial charge in [0.15, 0.2) is 0 Å². The van der Waals surface area contributed by atoms with Crippen molar-refractivity contribution in [2.24, 2.45) is 5.73 Å². The molecule has 106 valence electrons. The fourth-order valence-corrected chi connectivity index (χ4v) is 2.78. The van der Waals surface area contributed by atoms with Gasteiger partial charge < -0.3 is 10.5 Å². The summed E-state index contributed by atoms with van der Waals surface area (Å²) in [7, 11) is 1.71. The smallest absolute Gasteiger partial charge is 0.124 e. The number of ether oxygens (including phenoxy) is 1. The molecule has 2 heteroatoms. The van der Waals surface area contributed by atoms with Crippen LogP contribution in [0.1, 0.15) is 39.4 Å². The summed E-state index contributed by atoms with van der Waals surface area (Å²) in [4.78, 5) is 0. The Bertz CT molecular complexity index is 608. The van der Waals surface area contributed by atoms with E-state index in [1.165, 1.54) is 16.7 Å². The monoisotopic (exact) mass is 269 g/mol. The Morgan fingerprint density at radius 1 is 0.950 bits per heavy atom. The van der Waals surface area contributed by atoms with Crippen LogP contribution in [-0.4, -0.2) is 7.11 Å². The zero-order valence-electron chi connectivity index (χ0n) is 12.9. The first-order chi connectivity index (χ1) is 9.45. The van der Waals surface area contributed by atoms with Crippen LogP contribution < -0.4 is 10.5 Å². The van der Waals surface area contributed by atoms with E-state index in [9.17, 15) is 0 Å². The number of aryl methyl sites for hydroxylation is 3. The van der Waals surface area contributed by atoms with Crippen molar-refractivity contribution in [1.82, 2.24) is 0 Å². The second kappa shape index (κ2) is 5.68. The Morgan fingerprint density at radius 3 is 2.10 bits per heavy atom. The molecule has 1 atom stereocenters. The predicted octanol–water partition coefficient (Wildman–Crippen LogP) is 3.98. The molecule has 0 bridgehead atoms. The van der Waals surface area contributed by atoms with E-state index in [4.69, 9.17) is 10.5 Å². The van der Waals surface area contributed by atoms with Gasteiger partial charge >= 0.3 is 0 Å². The summed E-state index contributed by atoms with van der Waals surface area (Å²) < 4.78 is 5.42. The molecule has 2 aromatic carbocycles. The van der Waals surface area contributed by atoms with Crippen LogP contribution in [0.25, 0.3) is 0 Å². The van der Waals surface area contributed by atoms with E-state index < -0.39 is 0 Å². The predicted molar refractivity (Wildman–Crippen MR) is 84.4 cm³/mol. The van der Waals surface area contributed by atoms with Gasteiger partial charge in [-0.3, -0.25) is 0 Å². The summed E-state index contributed by atoms with van der Waals surface area (Å²) in [6, 6.07) is 10.5. The highest BCUT2D eigenvalue weighted by atomic mass is 16.5. The van der Waals surface area contributed by atoms with E-state index in [0.717, 1.165) is 22.4 Å². The van der Waals surface area contributed by atoms with Crippen LogP contribution in [0.15, 0.2) is 30.3 Å². The molecule has 0 aromatic heterocycles. The molecule has 0 aliphatic carbocycles. The normalized spacial score (nSPS) is 12.3. The lowest BCUT2D eigenvalue weighted by atomic mass is 9.91. The largest absolute Gasteiger partial charge is 0.496 e. The highest BCUT2D eigenvalue weighted by molar-refractivity contribution is 5.47. The van der Waals surface area contributed by atoms with Crippen LogP contribution in [0.4, 0.5) is 0 Å². The van der Waals surface area contributed by atoms with Gasteiger partial charge in [-0.1, -0.05) is 30.3 Å². The highest BCUT2D eigenvalue weighted by Gasteiger charge is 2.15. The molecule has 0 saturated carbocycles. The molecule has 20 heavy (non-hydrogen) atoms. The summed E-state index contributed by atoms with van der Waals surface area (Å²) in [5.74, 6) is 0.946. The number of hydrogen-bond donors (Lipinski definition) is 1. The van der Waals surface area contributed by atoms with Gasteiger partial charge in [0.2, 0.25) is 0 Å². The number of benzene rings is 2. The Kier molecular flexibility index (Phi) is 4.15. The van der Waals surface area contributed by atoms with Crippen molar-refractivity contribution in [1.29, 1.82) is 0 Å². The molecule has 0 fully saturated rings. The summed E-state index contributed by atoms with van der Waals surface area (Å²) in [5, 5.41) is 0. The Morgan fingerprint density at radius 2 is 1.55 bits per heavy atom. The van der Waals surface area contributed by atoms with Crippen molar-refractivity contribution in [3.63, 3.8) is 0 Å². The van der Waals surface area contributed by atoms with Crippen molar-refractivity contribution in [2.75, 3.05) is 7.11 Å². The SMILES string of the molecule is COc1c(C)cc(C(N)c2cccc(C)c2C)cc1C. The lowest BCUT2D eigenvalue weighted by molar-refractivity contribution is 0.408. The van der Waals surface area contributed by atoms with Gasteiger partial charge in [-0.2, -0.15) is 0 Å². The topological polar surface area (TPSA) is 35.2 Å². The highest BCUT2D eigenvalue weighted by Crippen LogP contribution is 2.30. The summed E-state index contributed by atoms with van der Waals surface area (Å²) >= 11 is 0. The van der Waals surface area contributed by atoms with Crippen LogP contribution in [0.3, 0.4) is 0 Å². The van der Waals surface area contributed by atoms with Gasteiger partial charge in [0, 0.05) is 0 Å². The molecule has 2 aromatic rings. The van der Waals surface area contributed by atoms with Gasteiger partial charge in [0.05, 0.1) is 13.2 Å². The number of hydrogen-bond acceptors (Lipinski definition) is 2. The van der Waals surface area contributed by atoms with E-state index in [1.54, 1.807) is 7.11 Å². The van der Waals surface area contributed by atoms with Crippen molar-refractivity contribution in [3.05, 3.63) is 63.7 Å². The first-order valence-corrected chi connectivity index (χ1v) is 6.92. The van der Waals surface area contributed by atoms with Crippen molar-refractivity contribution in [3.8, 4) is 5.75 Å². The molecule has 1 unspecified atom stereocenters. The molecule has 0 spiro atoms. The van der Waals surface area contributed by atoms with Crippen LogP contribution in [-0.2, 0) is 0 Å². The van der Waals surface area contributed by atoms with Gasteiger partial charge in [0.25, 0.3) is 0 Å². The summed E-state index contributed by atoms with van der Waals surface area (Å²) in [6.45, 7) is 8.38. The molecule has 2 rings (SSSR count). The lowest BCUT2D eigenvalue weighted by Crippen LogP contribution is -2.14. The lowest BCUT2D eigenvalue weighted by Gasteiger charge is -2.19.